The van der Waals surface area contributed by atoms with Gasteiger partial charge < -0.3 is 5.32 Å². The molecule has 0 bridgehead atoms. The van der Waals surface area contributed by atoms with Crippen LogP contribution in [-0.2, 0) is 39.1 Å². The van der Waals surface area contributed by atoms with Crippen LogP contribution in [0.15, 0.2) is 103 Å². The SMILES string of the molecule is C=Cn1ncc(-c2ccccc2)c1-c1ccc(C[CH-]NC(=C)C2=C(F)CCC=C2C)cc1.[Y]. The van der Waals surface area contributed by atoms with Gasteiger partial charge in [0, 0.05) is 67.7 Å². The average molecular weight is 513 g/mol. The van der Waals surface area contributed by atoms with E-state index in [9.17, 15) is 4.39 Å². The molecule has 0 amide bonds. The second-order valence-electron chi connectivity index (χ2n) is 7.83. The van der Waals surface area contributed by atoms with Crippen LogP contribution >= 0.6 is 0 Å². The maximum Gasteiger partial charge on any atom is 0.110 e. The van der Waals surface area contributed by atoms with Gasteiger partial charge in [0.25, 0.3) is 0 Å². The summed E-state index contributed by atoms with van der Waals surface area (Å²) < 4.78 is 16.0. The Bertz CT molecular complexity index is 1190. The Labute approximate surface area is 220 Å². The summed E-state index contributed by atoms with van der Waals surface area (Å²) in [6, 6.07) is 18.6. The van der Waals surface area contributed by atoms with Gasteiger partial charge in [0.1, 0.15) is 5.83 Å². The van der Waals surface area contributed by atoms with Gasteiger partial charge in [0.2, 0.25) is 0 Å². The minimum atomic E-state index is -0.0895. The van der Waals surface area contributed by atoms with Crippen molar-refractivity contribution in [3.05, 3.63) is 115 Å². The number of benzene rings is 2. The Morgan fingerprint density at radius 2 is 1.88 bits per heavy atom. The van der Waals surface area contributed by atoms with Gasteiger partial charge in [-0.05, 0) is 24.5 Å². The van der Waals surface area contributed by atoms with Gasteiger partial charge >= 0.3 is 0 Å². The topological polar surface area (TPSA) is 29.9 Å². The normalized spacial score (nSPS) is 13.2. The zero-order valence-corrected chi connectivity index (χ0v) is 21.7. The fourth-order valence-corrected chi connectivity index (χ4v) is 4.04. The number of hydrogen-bond acceptors (Lipinski definition) is 2. The summed E-state index contributed by atoms with van der Waals surface area (Å²) in [7, 11) is 0. The fourth-order valence-electron chi connectivity index (χ4n) is 4.04. The zero-order valence-electron chi connectivity index (χ0n) is 18.9. The van der Waals surface area contributed by atoms with Gasteiger partial charge in [-0.15, -0.1) is 6.42 Å². The minimum Gasteiger partial charge on any atom is -0.535 e. The first-order chi connectivity index (χ1) is 15.6. The molecule has 0 fully saturated rings. The van der Waals surface area contributed by atoms with Crippen LogP contribution in [0.3, 0.4) is 0 Å². The van der Waals surface area contributed by atoms with E-state index in [1.165, 1.54) is 0 Å². The van der Waals surface area contributed by atoms with Gasteiger partial charge in [0.05, 0.1) is 11.9 Å². The molecule has 0 saturated carbocycles. The first-order valence-corrected chi connectivity index (χ1v) is 10.8. The van der Waals surface area contributed by atoms with Gasteiger partial charge in [-0.2, -0.15) is 5.10 Å². The molecule has 165 valence electrons. The smallest absolute Gasteiger partial charge is 0.110 e. The van der Waals surface area contributed by atoms with Crippen molar-refractivity contribution >= 4 is 6.20 Å². The van der Waals surface area contributed by atoms with Crippen molar-refractivity contribution in [1.29, 1.82) is 0 Å². The molecule has 3 aromatic rings. The summed E-state index contributed by atoms with van der Waals surface area (Å²) in [6.45, 7) is 11.8. The summed E-state index contributed by atoms with van der Waals surface area (Å²) in [5, 5.41) is 7.64. The molecule has 33 heavy (non-hydrogen) atoms. The average Bonchev–Trinajstić information content (AvgIpc) is 3.24. The van der Waals surface area contributed by atoms with Crippen LogP contribution in [0.25, 0.3) is 28.6 Å². The number of halogens is 1. The van der Waals surface area contributed by atoms with Gasteiger partial charge in [0.15, 0.2) is 0 Å². The molecule has 4 rings (SSSR count). The molecule has 0 unspecified atom stereocenters. The number of hydrogen-bond donors (Lipinski definition) is 1. The molecule has 0 atom stereocenters. The molecule has 1 aromatic heterocycles. The number of aromatic nitrogens is 2. The Balaban J connectivity index is 0.00000306. The third-order valence-electron chi connectivity index (χ3n) is 5.68. The van der Waals surface area contributed by atoms with Crippen LogP contribution in [0.1, 0.15) is 25.3 Å². The van der Waals surface area contributed by atoms with E-state index in [1.54, 1.807) is 10.9 Å². The van der Waals surface area contributed by atoms with Crippen LogP contribution in [-0.4, -0.2) is 9.78 Å². The van der Waals surface area contributed by atoms with Crippen LogP contribution in [0, 0.1) is 6.54 Å². The monoisotopic (exact) mass is 513 g/mol. The quantitative estimate of drug-likeness (QED) is 0.326. The molecule has 0 aliphatic heterocycles. The minimum absolute atomic E-state index is 0. The van der Waals surface area contributed by atoms with Crippen LogP contribution in [0.4, 0.5) is 4.39 Å². The molecule has 1 heterocycles. The second-order valence-corrected chi connectivity index (χ2v) is 7.83. The van der Waals surface area contributed by atoms with E-state index in [4.69, 9.17) is 0 Å². The first kappa shape index (κ1) is 25.1. The molecular weight excluding hydrogens is 486 g/mol. The standard InChI is InChI=1S/C28H27FN3.Y/c1-4-32-28(25(19-31-32)23-10-6-5-7-11-23)24-15-13-22(14-16-24)17-18-30-21(3)27-20(2)9-8-12-26(27)29;/h4-7,9-11,13-16,18-19,30H,1,3,8,12,17H2,2H3;/q-1;. The number of nitrogens with one attached hydrogen (secondary N) is 1. The molecule has 5 heteroatoms. The van der Waals surface area contributed by atoms with Crippen molar-refractivity contribution in [3.63, 3.8) is 0 Å². The fraction of sp³-hybridized carbons (Fsp3) is 0.143. The van der Waals surface area contributed by atoms with Gasteiger partial charge in [-0.3, -0.25) is 0 Å². The number of nitrogens with zero attached hydrogens (tertiary/aromatic N) is 2. The van der Waals surface area contributed by atoms with Crippen molar-refractivity contribution in [2.45, 2.75) is 26.2 Å². The molecule has 3 nitrogen and oxygen atoms in total. The van der Waals surface area contributed by atoms with Crippen molar-refractivity contribution in [2.75, 3.05) is 0 Å². The summed E-state index contributed by atoms with van der Waals surface area (Å²) in [5.74, 6) is -0.0895. The molecule has 0 spiro atoms. The molecule has 1 aliphatic carbocycles. The van der Waals surface area contributed by atoms with E-state index in [0.717, 1.165) is 39.9 Å². The summed E-state index contributed by atoms with van der Waals surface area (Å²) in [6.07, 6.45) is 7.54. The van der Waals surface area contributed by atoms with E-state index in [2.05, 4.69) is 66.0 Å². The van der Waals surface area contributed by atoms with Crippen LogP contribution in [0.2, 0.25) is 0 Å². The second kappa shape index (κ2) is 11.5. The summed E-state index contributed by atoms with van der Waals surface area (Å²) >= 11 is 0. The van der Waals surface area contributed by atoms with E-state index in [0.29, 0.717) is 24.1 Å². The Hall–Kier alpha value is -2.56. The molecular formula is C28H27FN3Y-. The first-order valence-electron chi connectivity index (χ1n) is 10.8. The third kappa shape index (κ3) is 5.69. The van der Waals surface area contributed by atoms with E-state index in [-0.39, 0.29) is 38.5 Å². The maximum absolute atomic E-state index is 14.2. The maximum atomic E-state index is 14.2. The molecule has 1 aliphatic rings. The number of rotatable bonds is 8. The molecule has 1 N–H and O–H groups in total. The predicted molar refractivity (Wildman–Crippen MR) is 131 cm³/mol. The predicted octanol–water partition coefficient (Wildman–Crippen LogP) is 7.09. The summed E-state index contributed by atoms with van der Waals surface area (Å²) in [4.78, 5) is 0. The van der Waals surface area contributed by atoms with Crippen LogP contribution in [0.5, 0.6) is 0 Å². The third-order valence-corrected chi connectivity index (χ3v) is 5.68. The Morgan fingerprint density at radius 3 is 2.55 bits per heavy atom. The van der Waals surface area contributed by atoms with Crippen LogP contribution < -0.4 is 5.32 Å². The van der Waals surface area contributed by atoms with E-state index < -0.39 is 0 Å². The van der Waals surface area contributed by atoms with Crippen molar-refractivity contribution in [2.24, 2.45) is 0 Å². The summed E-state index contributed by atoms with van der Waals surface area (Å²) in [5.41, 5.74) is 7.55. The van der Waals surface area contributed by atoms with Gasteiger partial charge in [-0.25, -0.2) is 15.6 Å². The van der Waals surface area contributed by atoms with Crippen molar-refractivity contribution in [3.8, 4) is 22.4 Å². The number of allylic oxidation sites excluding steroid dienone is 3. The molecule has 0 saturated heterocycles. The largest absolute Gasteiger partial charge is 0.535 e. The molecule has 2 aromatic carbocycles. The van der Waals surface area contributed by atoms with E-state index >= 15 is 0 Å². The van der Waals surface area contributed by atoms with Crippen molar-refractivity contribution < 1.29 is 37.1 Å². The van der Waals surface area contributed by atoms with E-state index in [1.807, 2.05) is 37.9 Å². The Kier molecular flexibility index (Phi) is 8.76. The van der Waals surface area contributed by atoms with Crippen molar-refractivity contribution in [1.82, 2.24) is 15.1 Å². The zero-order chi connectivity index (χ0) is 22.5. The molecule has 1 radical (unpaired) electrons. The van der Waals surface area contributed by atoms with Gasteiger partial charge in [-0.1, -0.05) is 79.4 Å². The Morgan fingerprint density at radius 1 is 1.15 bits per heavy atom.